The average molecular weight is 278 g/mol. The molecule has 0 fully saturated rings. The molecular formula is C15H22N2OS. The van der Waals surface area contributed by atoms with E-state index in [2.05, 4.69) is 11.8 Å². The first-order valence-electron chi connectivity index (χ1n) is 6.42. The molecule has 0 aliphatic carbocycles. The number of thiophene rings is 1. The molecule has 0 atom stereocenters. The van der Waals surface area contributed by atoms with E-state index < -0.39 is 0 Å². The Morgan fingerprint density at radius 1 is 1.53 bits per heavy atom. The van der Waals surface area contributed by atoms with Gasteiger partial charge >= 0.3 is 0 Å². The molecule has 0 unspecified atom stereocenters. The van der Waals surface area contributed by atoms with Crippen LogP contribution in [0.15, 0.2) is 11.4 Å². The zero-order valence-electron chi connectivity index (χ0n) is 12.1. The number of nitrogens with two attached hydrogens (primary N) is 1. The van der Waals surface area contributed by atoms with Gasteiger partial charge < -0.3 is 10.6 Å². The lowest BCUT2D eigenvalue weighted by Crippen LogP contribution is -2.37. The van der Waals surface area contributed by atoms with Gasteiger partial charge in [-0.05, 0) is 12.5 Å². The Morgan fingerprint density at radius 3 is 2.79 bits per heavy atom. The van der Waals surface area contributed by atoms with E-state index in [1.165, 1.54) is 0 Å². The Labute approximate surface area is 119 Å². The van der Waals surface area contributed by atoms with Crippen LogP contribution in [0.25, 0.3) is 0 Å². The number of hydrogen-bond donors (Lipinski definition) is 1. The first kappa shape index (κ1) is 15.7. The van der Waals surface area contributed by atoms with Crippen LogP contribution < -0.4 is 5.73 Å². The van der Waals surface area contributed by atoms with Crippen molar-refractivity contribution in [2.24, 2.45) is 11.1 Å². The quantitative estimate of drug-likeness (QED) is 0.860. The van der Waals surface area contributed by atoms with Gasteiger partial charge in [0.2, 0.25) is 5.91 Å². The van der Waals surface area contributed by atoms with E-state index in [0.717, 1.165) is 16.9 Å². The number of rotatable bonds is 4. The molecule has 4 heteroatoms. The van der Waals surface area contributed by atoms with E-state index >= 15 is 0 Å². The van der Waals surface area contributed by atoms with Crippen LogP contribution in [-0.4, -0.2) is 24.4 Å². The lowest BCUT2D eigenvalue weighted by Gasteiger charge is -2.28. The Hall–Kier alpha value is -1.31. The van der Waals surface area contributed by atoms with Crippen molar-refractivity contribution in [3.8, 4) is 11.8 Å². The Kier molecular flexibility index (Phi) is 5.59. The molecule has 1 aromatic heterocycles. The molecule has 1 amide bonds. The highest BCUT2D eigenvalue weighted by Gasteiger charge is 2.28. The fraction of sp³-hybridized carbons (Fsp3) is 0.533. The van der Waals surface area contributed by atoms with Gasteiger partial charge in [0.1, 0.15) is 0 Å². The zero-order valence-corrected chi connectivity index (χ0v) is 12.9. The van der Waals surface area contributed by atoms with E-state index in [1.54, 1.807) is 16.2 Å². The van der Waals surface area contributed by atoms with E-state index in [9.17, 15) is 4.79 Å². The lowest BCUT2D eigenvalue weighted by molar-refractivity contribution is -0.139. The van der Waals surface area contributed by atoms with Gasteiger partial charge in [-0.25, -0.2) is 0 Å². The van der Waals surface area contributed by atoms with Crippen molar-refractivity contribution in [1.29, 1.82) is 0 Å². The smallest absolute Gasteiger partial charge is 0.228 e. The molecule has 2 N–H and O–H groups in total. The molecule has 0 saturated carbocycles. The molecule has 0 saturated heterocycles. The number of carbonyl (C=O) groups excluding carboxylic acids is 1. The second-order valence-electron chi connectivity index (χ2n) is 5.21. The minimum Gasteiger partial charge on any atom is -0.340 e. The summed E-state index contributed by atoms with van der Waals surface area (Å²) in [5, 5.41) is 2.00. The van der Waals surface area contributed by atoms with Crippen molar-refractivity contribution in [1.82, 2.24) is 4.90 Å². The van der Waals surface area contributed by atoms with Crippen LogP contribution >= 0.6 is 11.3 Å². The molecule has 0 aliphatic rings. The van der Waals surface area contributed by atoms with Gasteiger partial charge in [-0.3, -0.25) is 4.79 Å². The van der Waals surface area contributed by atoms with Crippen molar-refractivity contribution in [3.63, 3.8) is 0 Å². The predicted molar refractivity (Wildman–Crippen MR) is 80.8 cm³/mol. The van der Waals surface area contributed by atoms with Gasteiger partial charge in [0, 0.05) is 28.3 Å². The minimum atomic E-state index is -0.297. The van der Waals surface area contributed by atoms with Crippen LogP contribution in [0.5, 0.6) is 0 Å². The van der Waals surface area contributed by atoms with Crippen LogP contribution in [0.3, 0.4) is 0 Å². The SMILES string of the molecule is CCC(C)(C)C(=O)N(C)Cc1cc(C#CCN)cs1. The summed E-state index contributed by atoms with van der Waals surface area (Å²) in [6.45, 7) is 7.01. The lowest BCUT2D eigenvalue weighted by atomic mass is 9.89. The third-order valence-corrected chi connectivity index (χ3v) is 4.11. The summed E-state index contributed by atoms with van der Waals surface area (Å²) in [6, 6.07) is 2.02. The Bertz CT molecular complexity index is 494. The number of nitrogens with zero attached hydrogens (tertiary/aromatic N) is 1. The first-order chi connectivity index (χ1) is 8.90. The van der Waals surface area contributed by atoms with Crippen molar-refractivity contribution < 1.29 is 4.79 Å². The molecule has 1 rings (SSSR count). The maximum atomic E-state index is 12.3. The van der Waals surface area contributed by atoms with Crippen LogP contribution in [0, 0.1) is 17.3 Å². The van der Waals surface area contributed by atoms with Crippen LogP contribution in [0.4, 0.5) is 0 Å². The molecule has 104 valence electrons. The topological polar surface area (TPSA) is 46.3 Å². The molecule has 0 aromatic carbocycles. The van der Waals surface area contributed by atoms with Gasteiger partial charge in [0.15, 0.2) is 0 Å². The zero-order chi connectivity index (χ0) is 14.5. The van der Waals surface area contributed by atoms with Gasteiger partial charge in [-0.2, -0.15) is 0 Å². The summed E-state index contributed by atoms with van der Waals surface area (Å²) in [5.41, 5.74) is 6.02. The highest BCUT2D eigenvalue weighted by Crippen LogP contribution is 2.24. The fourth-order valence-electron chi connectivity index (χ4n) is 1.66. The average Bonchev–Trinajstić information content (AvgIpc) is 2.82. The van der Waals surface area contributed by atoms with E-state index in [-0.39, 0.29) is 11.3 Å². The predicted octanol–water partition coefficient (Wildman–Crippen LogP) is 2.45. The summed E-state index contributed by atoms with van der Waals surface area (Å²) in [4.78, 5) is 15.2. The van der Waals surface area contributed by atoms with Crippen LogP contribution in [0.1, 0.15) is 37.6 Å². The third-order valence-electron chi connectivity index (χ3n) is 3.19. The van der Waals surface area contributed by atoms with Crippen LogP contribution in [-0.2, 0) is 11.3 Å². The molecule has 3 nitrogen and oxygen atoms in total. The highest BCUT2D eigenvalue weighted by molar-refractivity contribution is 7.10. The third kappa shape index (κ3) is 4.38. The molecule has 1 heterocycles. The van der Waals surface area contributed by atoms with E-state index in [1.807, 2.05) is 39.3 Å². The fourth-order valence-corrected chi connectivity index (χ4v) is 2.52. The van der Waals surface area contributed by atoms with Gasteiger partial charge in [-0.15, -0.1) is 11.3 Å². The summed E-state index contributed by atoms with van der Waals surface area (Å²) >= 11 is 1.63. The normalized spacial score (nSPS) is 10.8. The molecule has 0 bridgehead atoms. The number of hydrogen-bond acceptors (Lipinski definition) is 3. The standard InChI is InChI=1S/C15H22N2OS/c1-5-15(2,3)14(18)17(4)10-13-9-12(11-19-13)7-6-8-16/h9,11H,5,8,10,16H2,1-4H3. The monoisotopic (exact) mass is 278 g/mol. The van der Waals surface area contributed by atoms with Crippen LogP contribution in [0.2, 0.25) is 0 Å². The van der Waals surface area contributed by atoms with Gasteiger partial charge in [-0.1, -0.05) is 32.6 Å². The highest BCUT2D eigenvalue weighted by atomic mass is 32.1. The van der Waals surface area contributed by atoms with Gasteiger partial charge in [0.05, 0.1) is 13.1 Å². The molecular weight excluding hydrogens is 256 g/mol. The summed E-state index contributed by atoms with van der Waals surface area (Å²) in [7, 11) is 1.85. The first-order valence-corrected chi connectivity index (χ1v) is 7.30. The minimum absolute atomic E-state index is 0.179. The van der Waals surface area contributed by atoms with E-state index in [4.69, 9.17) is 5.73 Å². The van der Waals surface area contributed by atoms with Crippen molar-refractivity contribution in [2.45, 2.75) is 33.7 Å². The molecule has 0 aliphatic heterocycles. The maximum absolute atomic E-state index is 12.3. The second-order valence-corrected chi connectivity index (χ2v) is 6.20. The summed E-state index contributed by atoms with van der Waals surface area (Å²) < 4.78 is 0. The summed E-state index contributed by atoms with van der Waals surface area (Å²) in [5.74, 6) is 6.01. The molecule has 19 heavy (non-hydrogen) atoms. The Balaban J connectivity index is 2.69. The molecule has 1 aromatic rings. The number of amides is 1. The largest absolute Gasteiger partial charge is 0.340 e. The van der Waals surface area contributed by atoms with Crippen molar-refractivity contribution in [3.05, 3.63) is 21.9 Å². The van der Waals surface area contributed by atoms with E-state index in [0.29, 0.717) is 13.1 Å². The summed E-state index contributed by atoms with van der Waals surface area (Å²) in [6.07, 6.45) is 0.841. The van der Waals surface area contributed by atoms with Crippen molar-refractivity contribution in [2.75, 3.05) is 13.6 Å². The second kappa shape index (κ2) is 6.74. The maximum Gasteiger partial charge on any atom is 0.228 e. The van der Waals surface area contributed by atoms with Crippen molar-refractivity contribution >= 4 is 17.2 Å². The molecule has 0 radical (unpaired) electrons. The van der Waals surface area contributed by atoms with Gasteiger partial charge in [0.25, 0.3) is 0 Å². The number of carbonyl (C=O) groups is 1. The molecule has 0 spiro atoms. The Morgan fingerprint density at radius 2 is 2.21 bits per heavy atom.